The van der Waals surface area contributed by atoms with Crippen LogP contribution in [0.15, 0.2) is 53.4 Å². The molecule has 2 aromatic carbocycles. The Bertz CT molecular complexity index is 1150. The molecule has 0 amide bonds. The molecule has 1 aliphatic carbocycles. The second-order valence-electron chi connectivity index (χ2n) is 8.13. The molecule has 3 aromatic rings. The summed E-state index contributed by atoms with van der Waals surface area (Å²) in [7, 11) is -2.91. The van der Waals surface area contributed by atoms with Gasteiger partial charge in [0, 0.05) is 51.0 Å². The number of H-pyrrole nitrogens is 1. The molecule has 1 atom stereocenters. The van der Waals surface area contributed by atoms with E-state index in [0.717, 1.165) is 41.4 Å². The van der Waals surface area contributed by atoms with Crippen molar-refractivity contribution in [2.75, 3.05) is 18.0 Å². The van der Waals surface area contributed by atoms with Crippen LogP contribution in [0, 0.1) is 4.78 Å². The number of aromatic amines is 1. The average molecular weight is 416 g/mol. The Kier molecular flexibility index (Phi) is 4.21. The van der Waals surface area contributed by atoms with Gasteiger partial charge in [0.25, 0.3) is 5.92 Å². The second kappa shape index (κ2) is 6.55. The summed E-state index contributed by atoms with van der Waals surface area (Å²) in [5.74, 6) is -2.70. The van der Waals surface area contributed by atoms with Crippen molar-refractivity contribution in [1.82, 2.24) is 4.98 Å². The van der Waals surface area contributed by atoms with E-state index in [2.05, 4.69) is 4.98 Å². The molecular weight excluding hydrogens is 392 g/mol. The Morgan fingerprint density at radius 1 is 1.14 bits per heavy atom. The van der Waals surface area contributed by atoms with Crippen molar-refractivity contribution in [3.63, 3.8) is 0 Å². The molecule has 0 unspecified atom stereocenters. The first-order chi connectivity index (χ1) is 13.8. The van der Waals surface area contributed by atoms with Crippen molar-refractivity contribution >= 4 is 26.3 Å². The predicted molar refractivity (Wildman–Crippen MR) is 112 cm³/mol. The number of nitrogens with one attached hydrogen (secondary N) is 2. The summed E-state index contributed by atoms with van der Waals surface area (Å²) in [6.45, 7) is -0.0447. The maximum Gasteiger partial charge on any atom is 0.266 e. The molecule has 0 bridgehead atoms. The molecule has 29 heavy (non-hydrogen) atoms. The van der Waals surface area contributed by atoms with Crippen LogP contribution in [0.2, 0.25) is 0 Å². The molecule has 1 aromatic heterocycles. The van der Waals surface area contributed by atoms with Gasteiger partial charge in [-0.3, -0.25) is 0 Å². The Morgan fingerprint density at radius 3 is 2.59 bits per heavy atom. The SMILES string of the molecule is N=[S@@](=O)(c1ccc(N2CCC(F)(F)C2)c(-c2cc3ccccc3[nH]2)c1)C1CCC1. The van der Waals surface area contributed by atoms with Gasteiger partial charge < -0.3 is 9.88 Å². The largest absolute Gasteiger partial charge is 0.365 e. The van der Waals surface area contributed by atoms with Crippen LogP contribution in [0.25, 0.3) is 22.2 Å². The fraction of sp³-hybridized carbons (Fsp3) is 0.364. The molecular formula is C22H23F2N3OS. The number of anilines is 1. The first kappa shape index (κ1) is 18.6. The highest BCUT2D eigenvalue weighted by Crippen LogP contribution is 2.40. The summed E-state index contributed by atoms with van der Waals surface area (Å²) in [6.07, 6.45) is 2.46. The molecule has 0 spiro atoms. The summed E-state index contributed by atoms with van der Waals surface area (Å²) < 4.78 is 49.5. The van der Waals surface area contributed by atoms with Gasteiger partial charge in [-0.25, -0.2) is 17.8 Å². The van der Waals surface area contributed by atoms with Crippen LogP contribution in [0.5, 0.6) is 0 Å². The number of nitrogens with zero attached hydrogens (tertiary/aromatic N) is 1. The zero-order valence-corrected chi connectivity index (χ0v) is 16.8. The molecule has 4 nitrogen and oxygen atoms in total. The Balaban J connectivity index is 1.65. The second-order valence-corrected chi connectivity index (χ2v) is 10.5. The molecule has 2 heterocycles. The smallest absolute Gasteiger partial charge is 0.266 e. The minimum atomic E-state index is -2.91. The molecule has 2 fully saturated rings. The van der Waals surface area contributed by atoms with Crippen LogP contribution in [0.3, 0.4) is 0 Å². The Morgan fingerprint density at radius 2 is 1.93 bits per heavy atom. The summed E-state index contributed by atoms with van der Waals surface area (Å²) in [4.78, 5) is 5.55. The average Bonchev–Trinajstić information content (AvgIpc) is 3.22. The maximum atomic E-state index is 13.9. The van der Waals surface area contributed by atoms with Gasteiger partial charge in [0.1, 0.15) is 0 Å². The normalized spacial score (nSPS) is 21.2. The van der Waals surface area contributed by atoms with E-state index in [0.29, 0.717) is 10.6 Å². The molecule has 152 valence electrons. The first-order valence-electron chi connectivity index (χ1n) is 9.96. The quantitative estimate of drug-likeness (QED) is 0.579. The van der Waals surface area contributed by atoms with Gasteiger partial charge in [-0.05, 0) is 43.2 Å². The highest BCUT2D eigenvalue weighted by atomic mass is 32.2. The monoisotopic (exact) mass is 415 g/mol. The minimum absolute atomic E-state index is 0.111. The van der Waals surface area contributed by atoms with Gasteiger partial charge in [-0.15, -0.1) is 0 Å². The molecule has 5 rings (SSSR count). The molecule has 2 aliphatic rings. The van der Waals surface area contributed by atoms with Crippen LogP contribution < -0.4 is 4.90 Å². The molecule has 1 aliphatic heterocycles. The number of rotatable bonds is 4. The van der Waals surface area contributed by atoms with Crippen molar-refractivity contribution in [2.45, 2.75) is 41.8 Å². The highest BCUT2D eigenvalue weighted by molar-refractivity contribution is 7.93. The van der Waals surface area contributed by atoms with Crippen molar-refractivity contribution in [2.24, 2.45) is 0 Å². The third-order valence-electron chi connectivity index (χ3n) is 6.17. The number of aromatic nitrogens is 1. The van der Waals surface area contributed by atoms with Gasteiger partial charge in [0.2, 0.25) is 0 Å². The van der Waals surface area contributed by atoms with E-state index >= 15 is 0 Å². The van der Waals surface area contributed by atoms with Gasteiger partial charge in [0.15, 0.2) is 0 Å². The van der Waals surface area contributed by atoms with Crippen molar-refractivity contribution in [3.05, 3.63) is 48.5 Å². The number of benzene rings is 2. The van der Waals surface area contributed by atoms with E-state index in [1.807, 2.05) is 30.3 Å². The number of halogens is 2. The van der Waals surface area contributed by atoms with Crippen LogP contribution in [0.4, 0.5) is 14.5 Å². The number of hydrogen-bond donors (Lipinski definition) is 2. The van der Waals surface area contributed by atoms with Crippen molar-refractivity contribution in [3.8, 4) is 11.3 Å². The first-order valence-corrected chi connectivity index (χ1v) is 11.6. The van der Waals surface area contributed by atoms with Gasteiger partial charge in [0.05, 0.1) is 16.3 Å². The fourth-order valence-electron chi connectivity index (χ4n) is 4.25. The minimum Gasteiger partial charge on any atom is -0.365 e. The highest BCUT2D eigenvalue weighted by Gasteiger charge is 2.39. The van der Waals surface area contributed by atoms with Gasteiger partial charge >= 0.3 is 0 Å². The van der Waals surface area contributed by atoms with E-state index in [4.69, 9.17) is 4.78 Å². The van der Waals surface area contributed by atoms with Crippen molar-refractivity contribution in [1.29, 1.82) is 4.78 Å². The summed E-state index contributed by atoms with van der Waals surface area (Å²) in [6, 6.07) is 15.1. The predicted octanol–water partition coefficient (Wildman–Crippen LogP) is 5.64. The third kappa shape index (κ3) is 3.21. The molecule has 1 saturated heterocycles. The summed E-state index contributed by atoms with van der Waals surface area (Å²) in [5, 5.41) is 0.913. The number of para-hydroxylation sites is 1. The van der Waals surface area contributed by atoms with E-state index in [1.165, 1.54) is 0 Å². The summed E-state index contributed by atoms with van der Waals surface area (Å²) >= 11 is 0. The van der Waals surface area contributed by atoms with Gasteiger partial charge in [-0.1, -0.05) is 24.6 Å². The van der Waals surface area contributed by atoms with E-state index in [1.54, 1.807) is 23.1 Å². The Labute approximate surface area is 168 Å². The summed E-state index contributed by atoms with van der Waals surface area (Å²) in [5.41, 5.74) is 3.18. The van der Waals surface area contributed by atoms with E-state index in [-0.39, 0.29) is 24.8 Å². The molecule has 2 N–H and O–H groups in total. The number of hydrogen-bond acceptors (Lipinski definition) is 3. The fourth-order valence-corrected chi connectivity index (χ4v) is 6.20. The lowest BCUT2D eigenvalue weighted by molar-refractivity contribution is 0.0257. The van der Waals surface area contributed by atoms with Crippen LogP contribution in [-0.4, -0.2) is 33.5 Å². The standard InChI is InChI=1S/C22H23F2N3OS/c23-22(24)10-11-27(14-22)21-9-8-17(29(25,28)16-5-3-6-16)13-18(21)20-12-15-4-1-2-7-19(15)26-20/h1-2,4,7-9,12-13,16,25-26H,3,5-6,10-11,14H2/t29-/m0/s1. The third-order valence-corrected chi connectivity index (χ3v) is 8.53. The molecule has 7 heteroatoms. The zero-order valence-electron chi connectivity index (χ0n) is 16.0. The lowest BCUT2D eigenvalue weighted by Gasteiger charge is -2.29. The number of alkyl halides is 2. The lowest BCUT2D eigenvalue weighted by Crippen LogP contribution is -2.28. The van der Waals surface area contributed by atoms with E-state index < -0.39 is 15.7 Å². The van der Waals surface area contributed by atoms with Crippen LogP contribution in [0.1, 0.15) is 25.7 Å². The lowest BCUT2D eigenvalue weighted by atomic mass is 10.00. The Hall–Kier alpha value is -2.41. The van der Waals surface area contributed by atoms with Crippen molar-refractivity contribution < 1.29 is 13.0 Å². The van der Waals surface area contributed by atoms with Gasteiger partial charge in [-0.2, -0.15) is 0 Å². The topological polar surface area (TPSA) is 60.0 Å². The van der Waals surface area contributed by atoms with Crippen LogP contribution in [-0.2, 0) is 9.73 Å². The van der Waals surface area contributed by atoms with E-state index in [9.17, 15) is 13.0 Å². The number of fused-ring (bicyclic) bond motifs is 1. The zero-order chi connectivity index (χ0) is 20.2. The molecule has 0 radical (unpaired) electrons. The maximum absolute atomic E-state index is 13.9. The molecule has 1 saturated carbocycles. The van der Waals surface area contributed by atoms with Crippen LogP contribution >= 0.6 is 0 Å².